The zero-order valence-corrected chi connectivity index (χ0v) is 18.7. The van der Waals surface area contributed by atoms with Crippen molar-refractivity contribution in [2.45, 2.75) is 24.3 Å². The van der Waals surface area contributed by atoms with Crippen molar-refractivity contribution in [3.8, 4) is 11.1 Å². The molecule has 0 radical (unpaired) electrons. The Hall–Kier alpha value is -3.37. The molecule has 0 bridgehead atoms. The van der Waals surface area contributed by atoms with Crippen LogP contribution in [0.5, 0.6) is 0 Å². The van der Waals surface area contributed by atoms with E-state index in [1.807, 2.05) is 33.2 Å². The highest BCUT2D eigenvalue weighted by molar-refractivity contribution is 7.90. The van der Waals surface area contributed by atoms with Crippen LogP contribution in [0.25, 0.3) is 22.2 Å². The molecular formula is C22H21BN4O4S. The monoisotopic (exact) mass is 448 g/mol. The minimum Gasteiger partial charge on any atom is -0.534 e. The lowest BCUT2D eigenvalue weighted by Gasteiger charge is -2.15. The van der Waals surface area contributed by atoms with E-state index >= 15 is 0 Å². The average Bonchev–Trinajstić information content (AvgIpc) is 3.44. The van der Waals surface area contributed by atoms with Gasteiger partial charge >= 0.3 is 7.12 Å². The van der Waals surface area contributed by atoms with Gasteiger partial charge in [0, 0.05) is 47.6 Å². The van der Waals surface area contributed by atoms with Gasteiger partial charge in [-0.2, -0.15) is 5.10 Å². The molecule has 1 fully saturated rings. The van der Waals surface area contributed by atoms with E-state index in [-0.39, 0.29) is 4.90 Å². The lowest BCUT2D eigenvalue weighted by Crippen LogP contribution is -2.34. The molecule has 4 aromatic rings. The summed E-state index contributed by atoms with van der Waals surface area (Å²) in [6, 6.07) is 10.1. The second-order valence-electron chi connectivity index (χ2n) is 8.20. The Balaban J connectivity index is 1.73. The van der Waals surface area contributed by atoms with Crippen molar-refractivity contribution in [2.24, 2.45) is 7.05 Å². The first-order chi connectivity index (χ1) is 15.2. The fourth-order valence-electron chi connectivity index (χ4n) is 3.66. The number of hydrogen-bond acceptors (Lipinski definition) is 6. The van der Waals surface area contributed by atoms with Gasteiger partial charge in [-0.15, -0.1) is 0 Å². The quantitative estimate of drug-likeness (QED) is 0.446. The molecule has 5 rings (SSSR count). The fourth-order valence-corrected chi connectivity index (χ4v) is 5.02. The van der Waals surface area contributed by atoms with Gasteiger partial charge in [-0.25, -0.2) is 17.4 Å². The number of aryl methyl sites for hydroxylation is 1. The van der Waals surface area contributed by atoms with Crippen molar-refractivity contribution in [1.29, 1.82) is 0 Å². The van der Waals surface area contributed by atoms with Gasteiger partial charge in [0.1, 0.15) is 5.60 Å². The molecule has 162 valence electrons. The Morgan fingerprint density at radius 1 is 1.09 bits per heavy atom. The van der Waals surface area contributed by atoms with Gasteiger partial charge in [0.15, 0.2) is 5.65 Å². The molecule has 1 saturated heterocycles. The van der Waals surface area contributed by atoms with Crippen molar-refractivity contribution >= 4 is 33.6 Å². The smallest absolute Gasteiger partial charge is 0.534 e. The van der Waals surface area contributed by atoms with Crippen LogP contribution < -0.4 is 5.46 Å². The highest BCUT2D eigenvalue weighted by Crippen LogP contribution is 2.32. The molecule has 0 N–H and O–H groups in total. The van der Waals surface area contributed by atoms with Gasteiger partial charge in [-0.05, 0) is 32.0 Å². The molecule has 1 aromatic carbocycles. The van der Waals surface area contributed by atoms with Crippen molar-refractivity contribution < 1.29 is 17.7 Å². The zero-order valence-electron chi connectivity index (χ0n) is 17.9. The minimum absolute atomic E-state index is 0.166. The number of aromatic nitrogens is 4. The fraction of sp³-hybridized carbons (Fsp3) is 0.182. The summed E-state index contributed by atoms with van der Waals surface area (Å²) in [6.07, 6.45) is 6.76. The summed E-state index contributed by atoms with van der Waals surface area (Å²) in [4.78, 5) is 4.69. The van der Waals surface area contributed by atoms with Crippen LogP contribution in [0.3, 0.4) is 0 Å². The molecule has 4 heterocycles. The Kier molecular flexibility index (Phi) is 4.54. The van der Waals surface area contributed by atoms with Gasteiger partial charge < -0.3 is 9.31 Å². The predicted molar refractivity (Wildman–Crippen MR) is 122 cm³/mol. The normalized spacial score (nSPS) is 16.0. The Bertz CT molecular complexity index is 1460. The second kappa shape index (κ2) is 7.08. The maximum absolute atomic E-state index is 13.4. The van der Waals surface area contributed by atoms with Gasteiger partial charge in [-0.1, -0.05) is 24.8 Å². The highest BCUT2D eigenvalue weighted by atomic mass is 32.2. The Morgan fingerprint density at radius 2 is 1.84 bits per heavy atom. The molecule has 0 unspecified atom stereocenters. The van der Waals surface area contributed by atoms with Crippen LogP contribution in [0.2, 0.25) is 0 Å². The molecule has 0 spiro atoms. The molecule has 1 aliphatic rings. The standard InChI is InChI=1S/C22H21BN4O4S/c1-15-22(2,3)31-23(30-15)20-14-27(32(28,29)18-8-6-5-7-9-18)21-19(20)10-16(11-24-21)17-12-25-26(4)13-17/h5-14H,1H2,2-4H3. The van der Waals surface area contributed by atoms with E-state index in [9.17, 15) is 8.42 Å². The van der Waals surface area contributed by atoms with Crippen LogP contribution in [0.4, 0.5) is 0 Å². The van der Waals surface area contributed by atoms with E-state index in [0.29, 0.717) is 22.3 Å². The topological polar surface area (TPSA) is 88.2 Å². The molecule has 3 aromatic heterocycles. The van der Waals surface area contributed by atoms with Crippen LogP contribution in [0.1, 0.15) is 13.8 Å². The van der Waals surface area contributed by atoms with E-state index in [0.717, 1.165) is 11.1 Å². The van der Waals surface area contributed by atoms with E-state index < -0.39 is 22.7 Å². The largest absolute Gasteiger partial charge is 0.565 e. The number of fused-ring (bicyclic) bond motifs is 1. The third-order valence-corrected chi connectivity index (χ3v) is 7.22. The molecule has 0 aliphatic carbocycles. The molecule has 10 heteroatoms. The Morgan fingerprint density at radius 3 is 2.47 bits per heavy atom. The van der Waals surface area contributed by atoms with Crippen molar-refractivity contribution in [1.82, 2.24) is 18.7 Å². The van der Waals surface area contributed by atoms with E-state index in [4.69, 9.17) is 9.31 Å². The van der Waals surface area contributed by atoms with Crippen LogP contribution >= 0.6 is 0 Å². The summed E-state index contributed by atoms with van der Waals surface area (Å²) in [7, 11) is -2.86. The van der Waals surface area contributed by atoms with E-state index in [2.05, 4.69) is 16.7 Å². The first-order valence-corrected chi connectivity index (χ1v) is 11.5. The maximum Gasteiger partial charge on any atom is 0.565 e. The second-order valence-corrected chi connectivity index (χ2v) is 10.0. The predicted octanol–water partition coefficient (Wildman–Crippen LogP) is 2.71. The average molecular weight is 448 g/mol. The third-order valence-electron chi connectivity index (χ3n) is 5.56. The highest BCUT2D eigenvalue weighted by Gasteiger charge is 2.45. The lowest BCUT2D eigenvalue weighted by molar-refractivity contribution is 0.173. The van der Waals surface area contributed by atoms with Gasteiger partial charge in [-0.3, -0.25) is 4.68 Å². The van der Waals surface area contributed by atoms with Crippen molar-refractivity contribution in [2.75, 3.05) is 0 Å². The summed E-state index contributed by atoms with van der Waals surface area (Å²) in [5, 5.41) is 4.83. The van der Waals surface area contributed by atoms with Crippen LogP contribution in [0.15, 0.2) is 78.4 Å². The van der Waals surface area contributed by atoms with Crippen LogP contribution in [0, 0.1) is 0 Å². The van der Waals surface area contributed by atoms with Crippen LogP contribution in [-0.2, 0) is 26.4 Å². The van der Waals surface area contributed by atoms with Crippen LogP contribution in [-0.4, -0.2) is 39.9 Å². The molecule has 32 heavy (non-hydrogen) atoms. The summed E-state index contributed by atoms with van der Waals surface area (Å²) in [5.41, 5.74) is 1.82. The number of rotatable bonds is 4. The number of pyridine rings is 1. The van der Waals surface area contributed by atoms with Gasteiger partial charge in [0.25, 0.3) is 10.0 Å². The molecule has 0 amide bonds. The lowest BCUT2D eigenvalue weighted by atomic mass is 9.79. The summed E-state index contributed by atoms with van der Waals surface area (Å²) >= 11 is 0. The Labute approximate surface area is 186 Å². The van der Waals surface area contributed by atoms with E-state index in [1.54, 1.807) is 47.4 Å². The number of benzene rings is 1. The molecule has 1 aliphatic heterocycles. The maximum atomic E-state index is 13.4. The first-order valence-electron chi connectivity index (χ1n) is 10.0. The molecule has 0 atom stereocenters. The third kappa shape index (κ3) is 3.23. The molecule has 0 saturated carbocycles. The number of nitrogens with zero attached hydrogens (tertiary/aromatic N) is 4. The van der Waals surface area contributed by atoms with Gasteiger partial charge in [0.05, 0.1) is 16.9 Å². The van der Waals surface area contributed by atoms with Crippen molar-refractivity contribution in [3.63, 3.8) is 0 Å². The SMILES string of the molecule is C=C1OB(c2cn(S(=O)(=O)c3ccccc3)c3ncc(-c4cnn(C)c4)cc23)OC1(C)C. The summed E-state index contributed by atoms with van der Waals surface area (Å²) in [6.45, 7) is 7.65. The summed E-state index contributed by atoms with van der Waals surface area (Å²) < 4.78 is 41.7. The first kappa shape index (κ1) is 20.5. The van der Waals surface area contributed by atoms with E-state index in [1.165, 1.54) is 10.2 Å². The minimum atomic E-state index is -3.89. The number of hydrogen-bond donors (Lipinski definition) is 0. The molecular weight excluding hydrogens is 427 g/mol. The van der Waals surface area contributed by atoms with Gasteiger partial charge in [0.2, 0.25) is 0 Å². The molecule has 8 nitrogen and oxygen atoms in total. The summed E-state index contributed by atoms with van der Waals surface area (Å²) in [5.74, 6) is 0.477. The zero-order chi connectivity index (χ0) is 22.7. The van der Waals surface area contributed by atoms with Crippen molar-refractivity contribution in [3.05, 3.63) is 73.5 Å².